The Labute approximate surface area is 198 Å². The van der Waals surface area contributed by atoms with Crippen LogP contribution in [0.15, 0.2) is 76.5 Å². The van der Waals surface area contributed by atoms with Gasteiger partial charge in [-0.1, -0.05) is 0 Å². The van der Waals surface area contributed by atoms with Crippen molar-refractivity contribution in [2.45, 2.75) is 23.1 Å². The number of carboxylic acid groups (broad SMARTS) is 1. The number of carbonyl (C=O) groups is 1. The van der Waals surface area contributed by atoms with Crippen LogP contribution in [0.3, 0.4) is 0 Å². The van der Waals surface area contributed by atoms with E-state index in [1.54, 1.807) is 36.4 Å². The van der Waals surface area contributed by atoms with Crippen LogP contribution in [0.25, 0.3) is 0 Å². The van der Waals surface area contributed by atoms with Gasteiger partial charge in [0.1, 0.15) is 29.6 Å². The van der Waals surface area contributed by atoms with Crippen molar-refractivity contribution < 1.29 is 37.3 Å². The summed E-state index contributed by atoms with van der Waals surface area (Å²) in [6.07, 6.45) is -0.334. The van der Waals surface area contributed by atoms with Crippen molar-refractivity contribution in [3.63, 3.8) is 0 Å². The van der Waals surface area contributed by atoms with Gasteiger partial charge in [0.25, 0.3) is 0 Å². The molecule has 3 aromatic carbocycles. The monoisotopic (exact) mass is 486 g/mol. The summed E-state index contributed by atoms with van der Waals surface area (Å²) in [4.78, 5) is 11.2. The molecular formula is C25H26O8S. The molecule has 180 valence electrons. The van der Waals surface area contributed by atoms with E-state index in [1.807, 2.05) is 6.92 Å². The van der Waals surface area contributed by atoms with E-state index < -0.39 is 15.8 Å². The third kappa shape index (κ3) is 6.72. The summed E-state index contributed by atoms with van der Waals surface area (Å²) >= 11 is 0. The van der Waals surface area contributed by atoms with Crippen LogP contribution in [-0.2, 0) is 25.8 Å². The minimum atomic E-state index is -3.93. The molecule has 9 heteroatoms. The van der Waals surface area contributed by atoms with Crippen LogP contribution in [0, 0.1) is 0 Å². The van der Waals surface area contributed by atoms with Crippen molar-refractivity contribution in [2.75, 3.05) is 26.9 Å². The molecule has 0 aromatic heterocycles. The average molecular weight is 487 g/mol. The van der Waals surface area contributed by atoms with Crippen LogP contribution in [0.4, 0.5) is 0 Å². The molecule has 0 aliphatic rings. The zero-order chi connectivity index (χ0) is 24.6. The van der Waals surface area contributed by atoms with E-state index in [9.17, 15) is 13.2 Å². The molecule has 0 radical (unpaired) electrons. The van der Waals surface area contributed by atoms with E-state index in [1.165, 1.54) is 37.4 Å². The van der Waals surface area contributed by atoms with Gasteiger partial charge in [-0.3, -0.25) is 4.79 Å². The van der Waals surface area contributed by atoms with Crippen LogP contribution in [0.5, 0.6) is 23.0 Å². The van der Waals surface area contributed by atoms with Crippen LogP contribution in [0.1, 0.15) is 12.5 Å². The molecule has 0 amide bonds. The van der Waals surface area contributed by atoms with Crippen molar-refractivity contribution in [3.05, 3.63) is 72.3 Å². The minimum absolute atomic E-state index is 0.0434. The fourth-order valence-corrected chi connectivity index (χ4v) is 4.46. The topological polar surface area (TPSA) is 108 Å². The Morgan fingerprint density at radius 1 is 0.794 bits per heavy atom. The Morgan fingerprint density at radius 3 is 2.00 bits per heavy atom. The largest absolute Gasteiger partial charge is 0.494 e. The smallest absolute Gasteiger partial charge is 0.307 e. The lowest BCUT2D eigenvalue weighted by molar-refractivity contribution is -0.136. The molecule has 0 atom stereocenters. The molecule has 8 nitrogen and oxygen atoms in total. The molecule has 0 heterocycles. The Hall–Kier alpha value is -3.56. The molecule has 0 aliphatic heterocycles. The van der Waals surface area contributed by atoms with Gasteiger partial charge in [0, 0.05) is 7.11 Å². The number of benzene rings is 3. The first-order valence-corrected chi connectivity index (χ1v) is 12.0. The summed E-state index contributed by atoms with van der Waals surface area (Å²) in [7, 11) is -2.41. The first kappa shape index (κ1) is 25.1. The lowest BCUT2D eigenvalue weighted by atomic mass is 10.1. The van der Waals surface area contributed by atoms with Gasteiger partial charge in [0.15, 0.2) is 0 Å². The Balaban J connectivity index is 1.82. The van der Waals surface area contributed by atoms with Gasteiger partial charge in [-0.2, -0.15) is 0 Å². The van der Waals surface area contributed by atoms with Gasteiger partial charge in [-0.25, -0.2) is 8.42 Å². The number of carboxylic acids is 1. The maximum Gasteiger partial charge on any atom is 0.307 e. The summed E-state index contributed by atoms with van der Waals surface area (Å²) in [6.45, 7) is 2.97. The zero-order valence-electron chi connectivity index (χ0n) is 18.9. The van der Waals surface area contributed by atoms with E-state index >= 15 is 0 Å². The third-order valence-electron chi connectivity index (χ3n) is 4.67. The van der Waals surface area contributed by atoms with E-state index in [0.717, 1.165) is 5.75 Å². The number of sulfone groups is 1. The number of rotatable bonds is 12. The fourth-order valence-electron chi connectivity index (χ4n) is 3.12. The lowest BCUT2D eigenvalue weighted by Crippen LogP contribution is -2.08. The number of aliphatic carboxylic acids is 1. The molecule has 0 spiro atoms. The second-order valence-electron chi connectivity index (χ2n) is 7.21. The Morgan fingerprint density at radius 2 is 1.41 bits per heavy atom. The lowest BCUT2D eigenvalue weighted by Gasteiger charge is -2.12. The molecule has 1 N–H and O–H groups in total. The highest BCUT2D eigenvalue weighted by molar-refractivity contribution is 7.91. The molecule has 0 aliphatic carbocycles. The summed E-state index contributed by atoms with van der Waals surface area (Å²) in [6, 6.07) is 17.3. The zero-order valence-corrected chi connectivity index (χ0v) is 19.7. The highest BCUT2D eigenvalue weighted by Gasteiger charge is 2.20. The summed E-state index contributed by atoms with van der Waals surface area (Å²) < 4.78 is 48.1. The Bertz CT molecular complexity index is 1200. The molecule has 0 fully saturated rings. The molecule has 3 rings (SSSR count). The predicted octanol–water partition coefficient (Wildman–Crippen LogP) is 4.36. The summed E-state index contributed by atoms with van der Waals surface area (Å²) in [5.74, 6) is 0.953. The highest BCUT2D eigenvalue weighted by Crippen LogP contribution is 2.29. The van der Waals surface area contributed by atoms with Gasteiger partial charge in [0.05, 0.1) is 29.4 Å². The minimum Gasteiger partial charge on any atom is -0.494 e. The molecule has 0 bridgehead atoms. The van der Waals surface area contributed by atoms with Crippen molar-refractivity contribution in [3.8, 4) is 23.0 Å². The first-order chi connectivity index (χ1) is 16.3. The van der Waals surface area contributed by atoms with Crippen LogP contribution >= 0.6 is 0 Å². The molecular weight excluding hydrogens is 460 g/mol. The van der Waals surface area contributed by atoms with E-state index in [4.69, 9.17) is 24.1 Å². The van der Waals surface area contributed by atoms with Gasteiger partial charge >= 0.3 is 5.97 Å². The van der Waals surface area contributed by atoms with Crippen LogP contribution in [0.2, 0.25) is 0 Å². The van der Waals surface area contributed by atoms with Crippen molar-refractivity contribution in [1.82, 2.24) is 0 Å². The van der Waals surface area contributed by atoms with Gasteiger partial charge < -0.3 is 24.1 Å². The Kier molecular flexibility index (Phi) is 8.50. The van der Waals surface area contributed by atoms with Gasteiger partial charge in [-0.05, 0) is 79.2 Å². The molecule has 0 saturated heterocycles. The normalized spacial score (nSPS) is 11.1. The number of methoxy groups -OCH3 is 1. The molecule has 3 aromatic rings. The van der Waals surface area contributed by atoms with E-state index in [2.05, 4.69) is 0 Å². The first-order valence-electron chi connectivity index (χ1n) is 10.5. The molecule has 0 saturated carbocycles. The van der Waals surface area contributed by atoms with Gasteiger partial charge in [-0.15, -0.1) is 0 Å². The second kappa shape index (κ2) is 11.5. The average Bonchev–Trinajstić information content (AvgIpc) is 2.80. The number of ether oxygens (including phenoxy) is 4. The van der Waals surface area contributed by atoms with Crippen LogP contribution < -0.4 is 14.2 Å². The quantitative estimate of drug-likeness (QED) is 0.376. The molecule has 34 heavy (non-hydrogen) atoms. The second-order valence-corrected chi connectivity index (χ2v) is 9.16. The maximum atomic E-state index is 13.2. The highest BCUT2D eigenvalue weighted by atomic mass is 32.2. The van der Waals surface area contributed by atoms with Crippen LogP contribution in [-0.4, -0.2) is 46.4 Å². The van der Waals surface area contributed by atoms with E-state index in [0.29, 0.717) is 30.3 Å². The predicted molar refractivity (Wildman–Crippen MR) is 125 cm³/mol. The standard InChI is InChI=1S/C25H26O8S/c1-3-31-19-4-6-20(7-5-19)33-21-8-10-23(11-9-21)34(28,29)24-15-18(16-25(26)27)14-22(17-24)32-13-12-30-2/h4-11,14-15,17H,3,12-13,16H2,1-2H3,(H,26,27). The number of hydrogen-bond acceptors (Lipinski definition) is 7. The van der Waals surface area contributed by atoms with E-state index in [-0.39, 0.29) is 28.6 Å². The van der Waals surface area contributed by atoms with Crippen molar-refractivity contribution >= 4 is 15.8 Å². The maximum absolute atomic E-state index is 13.2. The fraction of sp³-hybridized carbons (Fsp3) is 0.240. The summed E-state index contributed by atoms with van der Waals surface area (Å²) in [5.41, 5.74) is 0.316. The van der Waals surface area contributed by atoms with Crippen molar-refractivity contribution in [1.29, 1.82) is 0 Å². The SMILES string of the molecule is CCOc1ccc(Oc2ccc(S(=O)(=O)c3cc(CC(=O)O)cc(OCCOC)c3)cc2)cc1. The number of hydrogen-bond donors (Lipinski definition) is 1. The summed E-state index contributed by atoms with van der Waals surface area (Å²) in [5, 5.41) is 9.15. The molecule has 0 unspecified atom stereocenters. The third-order valence-corrected chi connectivity index (χ3v) is 6.42. The van der Waals surface area contributed by atoms with Gasteiger partial charge in [0.2, 0.25) is 9.84 Å². The van der Waals surface area contributed by atoms with Crippen molar-refractivity contribution in [2.24, 2.45) is 0 Å².